The number of carboxylic acids is 1. The number of benzene rings is 3. The van der Waals surface area contributed by atoms with Crippen LogP contribution in [0, 0.1) is 25.2 Å². The molecule has 7 heteroatoms. The predicted octanol–water partition coefficient (Wildman–Crippen LogP) is 6.47. The van der Waals surface area contributed by atoms with Gasteiger partial charge in [-0.2, -0.15) is 5.26 Å². The SMILES string of the molecule is Cc1cc([C@@H](C)Nc2ccc(Cl)cc2C(=O)O)c2oc(-c3ccc(C#N)cc3)c(C)c(=O)c2c1. The van der Waals surface area contributed by atoms with E-state index in [1.807, 2.05) is 19.9 Å². The quantitative estimate of drug-likeness (QED) is 0.345. The number of aryl methyl sites for hydroxylation is 1. The number of rotatable bonds is 5. The van der Waals surface area contributed by atoms with Gasteiger partial charge in [-0.25, -0.2) is 4.79 Å². The molecule has 0 aliphatic heterocycles. The number of aromatic carboxylic acids is 1. The molecule has 170 valence electrons. The van der Waals surface area contributed by atoms with Gasteiger partial charge in [-0.15, -0.1) is 0 Å². The van der Waals surface area contributed by atoms with Crippen molar-refractivity contribution in [3.05, 3.63) is 97.7 Å². The van der Waals surface area contributed by atoms with E-state index in [0.29, 0.717) is 49.7 Å². The van der Waals surface area contributed by atoms with Crippen LogP contribution < -0.4 is 10.7 Å². The Morgan fingerprint density at radius 2 is 1.82 bits per heavy atom. The van der Waals surface area contributed by atoms with E-state index >= 15 is 0 Å². The van der Waals surface area contributed by atoms with Crippen molar-refractivity contribution >= 4 is 34.2 Å². The van der Waals surface area contributed by atoms with Crippen molar-refractivity contribution in [2.45, 2.75) is 26.8 Å². The number of nitriles is 1. The van der Waals surface area contributed by atoms with Gasteiger partial charge in [0, 0.05) is 27.4 Å². The number of nitrogens with one attached hydrogen (secondary N) is 1. The highest BCUT2D eigenvalue weighted by Gasteiger charge is 2.20. The molecule has 3 aromatic carbocycles. The Kier molecular flexibility index (Phi) is 6.14. The standard InChI is InChI=1S/C27H21ClN2O4/c1-14-10-20(16(3)30-23-9-8-19(28)12-21(23)27(32)33)26-22(11-14)24(31)15(2)25(34-26)18-6-4-17(13-29)5-7-18/h4-12,16,30H,1-3H3,(H,32,33)/t16-/m1/s1. The summed E-state index contributed by atoms with van der Waals surface area (Å²) in [5.41, 5.74) is 4.00. The first-order valence-corrected chi connectivity index (χ1v) is 10.9. The summed E-state index contributed by atoms with van der Waals surface area (Å²) in [6.07, 6.45) is 0. The summed E-state index contributed by atoms with van der Waals surface area (Å²) in [6.45, 7) is 5.48. The molecule has 2 N–H and O–H groups in total. The molecule has 1 aromatic heterocycles. The second-order valence-electron chi connectivity index (χ2n) is 8.17. The molecule has 4 aromatic rings. The first kappa shape index (κ1) is 23.1. The van der Waals surface area contributed by atoms with Gasteiger partial charge in [0.05, 0.1) is 28.6 Å². The van der Waals surface area contributed by atoms with Crippen molar-refractivity contribution in [1.29, 1.82) is 5.26 Å². The third kappa shape index (κ3) is 4.26. The lowest BCUT2D eigenvalue weighted by atomic mass is 9.98. The van der Waals surface area contributed by atoms with Gasteiger partial charge in [0.15, 0.2) is 5.43 Å². The van der Waals surface area contributed by atoms with Crippen LogP contribution in [0.4, 0.5) is 5.69 Å². The van der Waals surface area contributed by atoms with E-state index in [1.54, 1.807) is 49.4 Å². The average molecular weight is 473 g/mol. The van der Waals surface area contributed by atoms with Crippen LogP contribution in [-0.2, 0) is 0 Å². The molecule has 6 nitrogen and oxygen atoms in total. The number of halogens is 1. The van der Waals surface area contributed by atoms with Crippen LogP contribution >= 0.6 is 11.6 Å². The first-order chi connectivity index (χ1) is 16.2. The van der Waals surface area contributed by atoms with Crippen molar-refractivity contribution < 1.29 is 14.3 Å². The number of carbonyl (C=O) groups is 1. The highest BCUT2D eigenvalue weighted by Crippen LogP contribution is 2.33. The molecule has 0 bridgehead atoms. The largest absolute Gasteiger partial charge is 0.478 e. The number of anilines is 1. The lowest BCUT2D eigenvalue weighted by molar-refractivity contribution is 0.0698. The molecule has 0 spiro atoms. The molecule has 0 amide bonds. The molecule has 0 unspecified atom stereocenters. The second-order valence-corrected chi connectivity index (χ2v) is 8.60. The third-order valence-corrected chi connectivity index (χ3v) is 5.95. The minimum atomic E-state index is -1.10. The van der Waals surface area contributed by atoms with E-state index in [0.717, 1.165) is 5.56 Å². The van der Waals surface area contributed by atoms with Crippen LogP contribution in [0.3, 0.4) is 0 Å². The van der Waals surface area contributed by atoms with E-state index in [9.17, 15) is 14.7 Å². The Balaban J connectivity index is 1.88. The zero-order valence-corrected chi connectivity index (χ0v) is 19.5. The Morgan fingerprint density at radius 1 is 1.12 bits per heavy atom. The molecule has 0 saturated carbocycles. The van der Waals surface area contributed by atoms with E-state index < -0.39 is 5.97 Å². The van der Waals surface area contributed by atoms with Gasteiger partial charge in [0.2, 0.25) is 0 Å². The molecule has 1 atom stereocenters. The molecule has 4 rings (SSSR count). The normalized spacial score (nSPS) is 11.7. The fraction of sp³-hybridized carbons (Fsp3) is 0.148. The molecular formula is C27H21ClN2O4. The summed E-state index contributed by atoms with van der Waals surface area (Å²) in [4.78, 5) is 25.0. The van der Waals surface area contributed by atoms with Crippen LogP contribution in [0.1, 0.15) is 45.6 Å². The zero-order valence-electron chi connectivity index (χ0n) is 18.8. The van der Waals surface area contributed by atoms with Crippen molar-refractivity contribution in [1.82, 2.24) is 0 Å². The average Bonchev–Trinajstić information content (AvgIpc) is 2.82. The topological polar surface area (TPSA) is 103 Å². The number of hydrogen-bond acceptors (Lipinski definition) is 5. The number of nitrogens with zero attached hydrogens (tertiary/aromatic N) is 1. The molecular weight excluding hydrogens is 452 g/mol. The predicted molar refractivity (Wildman–Crippen MR) is 133 cm³/mol. The van der Waals surface area contributed by atoms with Gasteiger partial charge < -0.3 is 14.8 Å². The van der Waals surface area contributed by atoms with Gasteiger partial charge in [-0.05, 0) is 74.9 Å². The molecule has 0 radical (unpaired) electrons. The molecule has 0 aliphatic rings. The molecule has 0 fully saturated rings. The van der Waals surface area contributed by atoms with Crippen molar-refractivity contribution in [2.24, 2.45) is 0 Å². The fourth-order valence-electron chi connectivity index (χ4n) is 3.99. The van der Waals surface area contributed by atoms with E-state index in [4.69, 9.17) is 21.3 Å². The maximum absolute atomic E-state index is 13.3. The Hall–Kier alpha value is -4.08. The van der Waals surface area contributed by atoms with Crippen LogP contribution in [0.2, 0.25) is 5.02 Å². The van der Waals surface area contributed by atoms with Gasteiger partial charge >= 0.3 is 5.97 Å². The lowest BCUT2D eigenvalue weighted by Gasteiger charge is -2.20. The zero-order chi connectivity index (χ0) is 24.6. The minimum absolute atomic E-state index is 0.0480. The summed E-state index contributed by atoms with van der Waals surface area (Å²) < 4.78 is 6.31. The third-order valence-electron chi connectivity index (χ3n) is 5.72. The van der Waals surface area contributed by atoms with Gasteiger partial charge in [0.1, 0.15) is 11.3 Å². The van der Waals surface area contributed by atoms with E-state index in [-0.39, 0.29) is 17.0 Å². The molecule has 0 saturated heterocycles. The second kappa shape index (κ2) is 9.05. The fourth-order valence-corrected chi connectivity index (χ4v) is 4.16. The highest BCUT2D eigenvalue weighted by molar-refractivity contribution is 6.31. The van der Waals surface area contributed by atoms with Crippen LogP contribution in [0.25, 0.3) is 22.3 Å². The van der Waals surface area contributed by atoms with Crippen LogP contribution in [0.15, 0.2) is 63.8 Å². The Bertz CT molecular complexity index is 1530. The first-order valence-electron chi connectivity index (χ1n) is 10.6. The van der Waals surface area contributed by atoms with Gasteiger partial charge in [0.25, 0.3) is 0 Å². The van der Waals surface area contributed by atoms with E-state index in [1.165, 1.54) is 6.07 Å². The number of fused-ring (bicyclic) bond motifs is 1. The van der Waals surface area contributed by atoms with E-state index in [2.05, 4.69) is 11.4 Å². The van der Waals surface area contributed by atoms with Crippen molar-refractivity contribution in [3.8, 4) is 17.4 Å². The summed E-state index contributed by atoms with van der Waals surface area (Å²) in [6, 6.07) is 16.9. The summed E-state index contributed by atoms with van der Waals surface area (Å²) in [5, 5.41) is 22.7. The lowest BCUT2D eigenvalue weighted by Crippen LogP contribution is -2.14. The van der Waals surface area contributed by atoms with Gasteiger partial charge in [-0.3, -0.25) is 4.79 Å². The monoisotopic (exact) mass is 472 g/mol. The molecule has 34 heavy (non-hydrogen) atoms. The maximum atomic E-state index is 13.3. The Labute approximate surface area is 201 Å². The summed E-state index contributed by atoms with van der Waals surface area (Å²) in [7, 11) is 0. The summed E-state index contributed by atoms with van der Waals surface area (Å²) in [5.74, 6) is -0.673. The molecule has 0 aliphatic carbocycles. The maximum Gasteiger partial charge on any atom is 0.337 e. The smallest absolute Gasteiger partial charge is 0.337 e. The number of hydrogen-bond donors (Lipinski definition) is 2. The highest BCUT2D eigenvalue weighted by atomic mass is 35.5. The molecule has 1 heterocycles. The van der Waals surface area contributed by atoms with Crippen molar-refractivity contribution in [3.63, 3.8) is 0 Å². The Morgan fingerprint density at radius 3 is 2.47 bits per heavy atom. The minimum Gasteiger partial charge on any atom is -0.478 e. The number of carboxylic acid groups (broad SMARTS) is 1. The van der Waals surface area contributed by atoms with Crippen molar-refractivity contribution in [2.75, 3.05) is 5.32 Å². The van der Waals surface area contributed by atoms with Crippen LogP contribution in [0.5, 0.6) is 0 Å². The summed E-state index contributed by atoms with van der Waals surface area (Å²) >= 11 is 5.98. The van der Waals surface area contributed by atoms with Crippen LogP contribution in [-0.4, -0.2) is 11.1 Å². The van der Waals surface area contributed by atoms with Gasteiger partial charge in [-0.1, -0.05) is 17.7 Å².